The molecule has 0 aliphatic rings. The highest BCUT2D eigenvalue weighted by Gasteiger charge is 2.21. The van der Waals surface area contributed by atoms with E-state index in [1.54, 1.807) is 49.5 Å². The number of hydrogen-bond donors (Lipinski definition) is 2. The summed E-state index contributed by atoms with van der Waals surface area (Å²) in [7, 11) is 1.60. The molecule has 0 aliphatic carbocycles. The molecule has 2 aromatic heterocycles. The van der Waals surface area contributed by atoms with Crippen molar-refractivity contribution >= 4 is 28.4 Å². The van der Waals surface area contributed by atoms with Crippen LogP contribution >= 0.6 is 0 Å². The lowest BCUT2D eigenvalue weighted by Crippen LogP contribution is -2.31. The van der Waals surface area contributed by atoms with Crippen LogP contribution in [0.3, 0.4) is 0 Å². The Labute approximate surface area is 172 Å². The van der Waals surface area contributed by atoms with E-state index in [0.717, 1.165) is 16.5 Å². The van der Waals surface area contributed by atoms with E-state index in [0.29, 0.717) is 24.2 Å². The van der Waals surface area contributed by atoms with Crippen molar-refractivity contribution < 1.29 is 18.4 Å². The first-order chi connectivity index (χ1) is 14.5. The van der Waals surface area contributed by atoms with Crippen molar-refractivity contribution in [1.29, 1.82) is 0 Å². The highest BCUT2D eigenvalue weighted by atomic mass is 19.1. The molecule has 30 heavy (non-hydrogen) atoms. The van der Waals surface area contributed by atoms with Gasteiger partial charge in [-0.25, -0.2) is 4.39 Å². The van der Waals surface area contributed by atoms with Crippen molar-refractivity contribution in [1.82, 2.24) is 10.3 Å². The molecule has 7 heteroatoms. The molecule has 2 N–H and O–H groups in total. The Bertz CT molecular complexity index is 1200. The summed E-state index contributed by atoms with van der Waals surface area (Å²) in [6.45, 7) is 0.396. The smallest absolute Gasteiger partial charge is 0.293 e. The number of aromatic amines is 1. The van der Waals surface area contributed by atoms with Gasteiger partial charge in [0.2, 0.25) is 0 Å². The predicted molar refractivity (Wildman–Crippen MR) is 112 cm³/mol. The first-order valence-electron chi connectivity index (χ1n) is 9.49. The Morgan fingerprint density at radius 1 is 1.13 bits per heavy atom. The molecule has 0 fully saturated rings. The molecule has 4 aromatic rings. The second-order valence-corrected chi connectivity index (χ2v) is 6.87. The van der Waals surface area contributed by atoms with Gasteiger partial charge < -0.3 is 19.6 Å². The van der Waals surface area contributed by atoms with Gasteiger partial charge in [-0.1, -0.05) is 12.1 Å². The van der Waals surface area contributed by atoms with Crippen LogP contribution in [0.15, 0.2) is 71.5 Å². The summed E-state index contributed by atoms with van der Waals surface area (Å²) >= 11 is 0. The predicted octanol–water partition coefficient (Wildman–Crippen LogP) is 4.15. The van der Waals surface area contributed by atoms with E-state index in [2.05, 4.69) is 10.3 Å². The molecule has 0 unspecified atom stereocenters. The minimum absolute atomic E-state index is 0.198. The lowest BCUT2D eigenvalue weighted by Gasteiger charge is -2.19. The lowest BCUT2D eigenvalue weighted by atomic mass is 10.1. The number of H-pyrrole nitrogens is 1. The van der Waals surface area contributed by atoms with Crippen LogP contribution in [-0.2, 0) is 6.42 Å². The van der Waals surface area contributed by atoms with Crippen LogP contribution in [0.4, 0.5) is 10.1 Å². The summed E-state index contributed by atoms with van der Waals surface area (Å²) in [5.41, 5.74) is 2.59. The summed E-state index contributed by atoms with van der Waals surface area (Å²) in [6, 6.07) is 14.7. The number of para-hydroxylation sites is 1. The van der Waals surface area contributed by atoms with Crippen molar-refractivity contribution in [2.75, 3.05) is 18.5 Å². The number of nitrogens with zero attached hydrogens (tertiary/aromatic N) is 1. The number of aromatic nitrogens is 1. The normalized spacial score (nSPS) is 10.9. The Hall–Kier alpha value is -3.87. The number of anilines is 1. The van der Waals surface area contributed by atoms with E-state index in [1.807, 2.05) is 6.20 Å². The minimum atomic E-state index is -0.341. The number of amides is 2. The second-order valence-electron chi connectivity index (χ2n) is 6.87. The average molecular weight is 405 g/mol. The third kappa shape index (κ3) is 3.82. The largest absolute Gasteiger partial charge is 0.459 e. The van der Waals surface area contributed by atoms with Gasteiger partial charge in [-0.05, 0) is 54.4 Å². The van der Waals surface area contributed by atoms with Crippen molar-refractivity contribution in [2.24, 2.45) is 0 Å². The van der Waals surface area contributed by atoms with E-state index in [4.69, 9.17) is 4.42 Å². The van der Waals surface area contributed by atoms with Gasteiger partial charge in [0, 0.05) is 30.7 Å². The van der Waals surface area contributed by atoms with E-state index >= 15 is 0 Å². The molecular weight excluding hydrogens is 385 g/mol. The molecule has 0 saturated heterocycles. The summed E-state index contributed by atoms with van der Waals surface area (Å²) in [4.78, 5) is 29.8. The quantitative estimate of drug-likeness (QED) is 0.506. The SMILES string of the molecule is CN(C(=O)c1ccco1)c1ccccc1C(=O)NCCc1c[nH]c2cc(F)ccc12. The standard InChI is InChI=1S/C23H20FN3O3/c1-27(23(29)21-7-4-12-30-21)20-6-3-2-5-18(20)22(28)25-11-10-15-14-26-19-13-16(24)8-9-17(15)19/h2-9,12-14,26H,10-11H2,1H3,(H,25,28). The zero-order valence-corrected chi connectivity index (χ0v) is 16.3. The zero-order chi connectivity index (χ0) is 21.1. The van der Waals surface area contributed by atoms with Crippen LogP contribution in [0.5, 0.6) is 0 Å². The maximum atomic E-state index is 13.3. The molecule has 2 heterocycles. The van der Waals surface area contributed by atoms with Gasteiger partial charge in [0.15, 0.2) is 5.76 Å². The van der Waals surface area contributed by atoms with Gasteiger partial charge in [-0.3, -0.25) is 9.59 Å². The molecular formula is C23H20FN3O3. The number of benzene rings is 2. The number of fused-ring (bicyclic) bond motifs is 1. The monoisotopic (exact) mass is 405 g/mol. The molecule has 6 nitrogen and oxygen atoms in total. The molecule has 0 bridgehead atoms. The fraction of sp³-hybridized carbons (Fsp3) is 0.130. The number of nitrogens with one attached hydrogen (secondary N) is 2. The van der Waals surface area contributed by atoms with E-state index in [1.165, 1.54) is 23.3 Å². The van der Waals surface area contributed by atoms with Gasteiger partial charge in [0.05, 0.1) is 17.5 Å². The number of halogens is 1. The topological polar surface area (TPSA) is 78.3 Å². The van der Waals surface area contributed by atoms with Crippen LogP contribution in [0.2, 0.25) is 0 Å². The van der Waals surface area contributed by atoms with Crippen LogP contribution in [-0.4, -0.2) is 30.4 Å². The Morgan fingerprint density at radius 2 is 1.97 bits per heavy atom. The van der Waals surface area contributed by atoms with Crippen molar-refractivity contribution in [3.05, 3.63) is 89.8 Å². The number of hydrogen-bond acceptors (Lipinski definition) is 3. The fourth-order valence-corrected chi connectivity index (χ4v) is 3.40. The third-order valence-electron chi connectivity index (χ3n) is 4.96. The Kier molecular flexibility index (Phi) is 5.34. The van der Waals surface area contributed by atoms with Crippen molar-refractivity contribution in [3.63, 3.8) is 0 Å². The molecule has 0 radical (unpaired) electrons. The molecule has 0 saturated carbocycles. The van der Waals surface area contributed by atoms with Gasteiger partial charge in [-0.2, -0.15) is 0 Å². The highest BCUT2D eigenvalue weighted by molar-refractivity contribution is 6.09. The molecule has 0 atom stereocenters. The highest BCUT2D eigenvalue weighted by Crippen LogP contribution is 2.22. The third-order valence-corrected chi connectivity index (χ3v) is 4.96. The number of rotatable bonds is 6. The van der Waals surface area contributed by atoms with Crippen molar-refractivity contribution in [2.45, 2.75) is 6.42 Å². The van der Waals surface area contributed by atoms with Gasteiger partial charge in [-0.15, -0.1) is 0 Å². The van der Waals surface area contributed by atoms with Gasteiger partial charge in [0.25, 0.3) is 11.8 Å². The van der Waals surface area contributed by atoms with E-state index in [-0.39, 0.29) is 23.4 Å². The minimum Gasteiger partial charge on any atom is -0.459 e. The van der Waals surface area contributed by atoms with Gasteiger partial charge in [0.1, 0.15) is 5.82 Å². The summed E-state index contributed by atoms with van der Waals surface area (Å²) in [6.07, 6.45) is 3.83. The Balaban J connectivity index is 1.45. The number of furan rings is 1. The maximum Gasteiger partial charge on any atom is 0.293 e. The Morgan fingerprint density at radius 3 is 2.77 bits per heavy atom. The summed E-state index contributed by atoms with van der Waals surface area (Å²) < 4.78 is 18.5. The van der Waals surface area contributed by atoms with Gasteiger partial charge >= 0.3 is 0 Å². The second kappa shape index (κ2) is 8.24. The van der Waals surface area contributed by atoms with Crippen LogP contribution in [0.1, 0.15) is 26.5 Å². The number of carbonyl (C=O) groups is 2. The van der Waals surface area contributed by atoms with E-state index in [9.17, 15) is 14.0 Å². The van der Waals surface area contributed by atoms with Crippen LogP contribution < -0.4 is 10.2 Å². The van der Waals surface area contributed by atoms with Crippen LogP contribution in [0.25, 0.3) is 10.9 Å². The molecule has 2 amide bonds. The van der Waals surface area contributed by atoms with Crippen molar-refractivity contribution in [3.8, 4) is 0 Å². The first kappa shape index (κ1) is 19.4. The first-order valence-corrected chi connectivity index (χ1v) is 9.49. The van der Waals surface area contributed by atoms with E-state index < -0.39 is 0 Å². The molecule has 0 aliphatic heterocycles. The van der Waals surface area contributed by atoms with Crippen LogP contribution in [0, 0.1) is 5.82 Å². The lowest BCUT2D eigenvalue weighted by molar-refractivity contribution is 0.0954. The summed E-state index contributed by atoms with van der Waals surface area (Å²) in [5.74, 6) is -0.723. The average Bonchev–Trinajstić information content (AvgIpc) is 3.43. The number of carbonyl (C=O) groups excluding carboxylic acids is 2. The molecule has 2 aromatic carbocycles. The summed E-state index contributed by atoms with van der Waals surface area (Å²) in [5, 5.41) is 3.82. The maximum absolute atomic E-state index is 13.3. The zero-order valence-electron chi connectivity index (χ0n) is 16.3. The molecule has 152 valence electrons. The fourth-order valence-electron chi connectivity index (χ4n) is 3.40. The molecule has 0 spiro atoms. The molecule has 4 rings (SSSR count).